The second-order valence-electron chi connectivity index (χ2n) is 5.33. The molecule has 1 saturated heterocycles. The van der Waals surface area contributed by atoms with Crippen molar-refractivity contribution in [3.63, 3.8) is 0 Å². The highest BCUT2D eigenvalue weighted by atomic mass is 35.5. The van der Waals surface area contributed by atoms with Gasteiger partial charge >= 0.3 is 0 Å². The van der Waals surface area contributed by atoms with Crippen molar-refractivity contribution >= 4 is 23.2 Å². The Kier molecular flexibility index (Phi) is 3.99. The van der Waals surface area contributed by atoms with Crippen LogP contribution in [0, 0.1) is 11.7 Å². The lowest BCUT2D eigenvalue weighted by Gasteiger charge is -2.36. The van der Waals surface area contributed by atoms with Crippen LogP contribution in [0.4, 0.5) is 4.39 Å². The van der Waals surface area contributed by atoms with Gasteiger partial charge < -0.3 is 5.32 Å². The number of nitrogens with zero attached hydrogens (tertiary/aromatic N) is 1. The summed E-state index contributed by atoms with van der Waals surface area (Å²) in [4.78, 5) is 2.34. The summed E-state index contributed by atoms with van der Waals surface area (Å²) in [5.41, 5.74) is 0.596. The van der Waals surface area contributed by atoms with Crippen molar-refractivity contribution in [3.05, 3.63) is 33.6 Å². The van der Waals surface area contributed by atoms with Gasteiger partial charge in [-0.3, -0.25) is 4.90 Å². The molecule has 5 heteroatoms. The van der Waals surface area contributed by atoms with Crippen molar-refractivity contribution < 1.29 is 4.39 Å². The van der Waals surface area contributed by atoms with Crippen LogP contribution in [0.5, 0.6) is 0 Å². The fourth-order valence-electron chi connectivity index (χ4n) is 2.90. The molecule has 3 rings (SSSR count). The van der Waals surface area contributed by atoms with E-state index in [2.05, 4.69) is 10.2 Å². The number of nitrogens with one attached hydrogen (secondary N) is 1. The van der Waals surface area contributed by atoms with E-state index in [9.17, 15) is 4.39 Å². The molecule has 0 bridgehead atoms. The molecule has 1 aliphatic carbocycles. The third-order valence-electron chi connectivity index (χ3n) is 3.99. The van der Waals surface area contributed by atoms with Gasteiger partial charge in [-0.2, -0.15) is 0 Å². The van der Waals surface area contributed by atoms with Crippen LogP contribution in [-0.2, 0) is 0 Å². The maximum atomic E-state index is 14.2. The lowest BCUT2D eigenvalue weighted by molar-refractivity contribution is 0.153. The molecule has 1 aromatic rings. The van der Waals surface area contributed by atoms with E-state index in [-0.39, 0.29) is 11.9 Å². The van der Waals surface area contributed by atoms with Gasteiger partial charge in [-0.15, -0.1) is 0 Å². The van der Waals surface area contributed by atoms with Crippen LogP contribution in [0.1, 0.15) is 24.4 Å². The van der Waals surface area contributed by atoms with E-state index in [4.69, 9.17) is 23.2 Å². The third kappa shape index (κ3) is 2.75. The van der Waals surface area contributed by atoms with Crippen molar-refractivity contribution in [2.75, 3.05) is 26.2 Å². The monoisotopic (exact) mass is 302 g/mol. The minimum Gasteiger partial charge on any atom is -0.314 e. The fraction of sp³-hybridized carbons (Fsp3) is 0.571. The summed E-state index contributed by atoms with van der Waals surface area (Å²) >= 11 is 12.3. The van der Waals surface area contributed by atoms with Gasteiger partial charge in [0, 0.05) is 37.8 Å². The van der Waals surface area contributed by atoms with E-state index in [1.54, 1.807) is 0 Å². The van der Waals surface area contributed by atoms with Crippen molar-refractivity contribution in [1.29, 1.82) is 0 Å². The fourth-order valence-corrected chi connectivity index (χ4v) is 3.33. The molecule has 1 heterocycles. The Morgan fingerprint density at radius 2 is 1.89 bits per heavy atom. The van der Waals surface area contributed by atoms with Crippen LogP contribution in [0.25, 0.3) is 0 Å². The van der Waals surface area contributed by atoms with E-state index in [0.29, 0.717) is 21.5 Å². The van der Waals surface area contributed by atoms with Crippen LogP contribution in [-0.4, -0.2) is 31.1 Å². The van der Waals surface area contributed by atoms with Crippen LogP contribution < -0.4 is 5.32 Å². The Labute approximate surface area is 122 Å². The zero-order chi connectivity index (χ0) is 13.4. The molecule has 2 nitrogen and oxygen atoms in total. The molecule has 0 unspecified atom stereocenters. The maximum Gasteiger partial charge on any atom is 0.129 e. The molecular formula is C14H17Cl2FN2. The van der Waals surface area contributed by atoms with Gasteiger partial charge in [0.15, 0.2) is 0 Å². The van der Waals surface area contributed by atoms with Crippen LogP contribution in [0.2, 0.25) is 10.0 Å². The van der Waals surface area contributed by atoms with Crippen molar-refractivity contribution in [3.8, 4) is 0 Å². The molecule has 2 fully saturated rings. The van der Waals surface area contributed by atoms with Gasteiger partial charge in [0.25, 0.3) is 0 Å². The molecule has 1 aliphatic heterocycles. The highest BCUT2D eigenvalue weighted by Gasteiger charge is 2.39. The molecule has 0 aromatic heterocycles. The summed E-state index contributed by atoms with van der Waals surface area (Å²) in [6.45, 7) is 3.76. The summed E-state index contributed by atoms with van der Waals surface area (Å²) in [5, 5.41) is 4.16. The SMILES string of the molecule is Fc1ccc(Cl)c(Cl)c1[C@@H](C1CC1)N1CCNCC1. The van der Waals surface area contributed by atoms with E-state index >= 15 is 0 Å². The molecule has 1 N–H and O–H groups in total. The predicted octanol–water partition coefficient (Wildman–Crippen LogP) is 3.49. The van der Waals surface area contributed by atoms with Crippen LogP contribution in [0.15, 0.2) is 12.1 Å². The van der Waals surface area contributed by atoms with Crippen molar-refractivity contribution in [2.45, 2.75) is 18.9 Å². The lowest BCUT2D eigenvalue weighted by Crippen LogP contribution is -2.46. The Bertz CT molecular complexity index is 471. The smallest absolute Gasteiger partial charge is 0.129 e. The summed E-state index contributed by atoms with van der Waals surface area (Å²) in [5.74, 6) is 0.286. The average molecular weight is 303 g/mol. The normalized spacial score (nSPS) is 22.5. The zero-order valence-corrected chi connectivity index (χ0v) is 12.1. The van der Waals surface area contributed by atoms with Gasteiger partial charge in [-0.25, -0.2) is 4.39 Å². The molecule has 104 valence electrons. The molecule has 19 heavy (non-hydrogen) atoms. The number of halogens is 3. The van der Waals surface area contributed by atoms with Gasteiger partial charge in [0.1, 0.15) is 5.82 Å². The Hall–Kier alpha value is -0.350. The Balaban J connectivity index is 1.97. The number of benzene rings is 1. The number of rotatable bonds is 3. The minimum atomic E-state index is -0.232. The third-order valence-corrected chi connectivity index (χ3v) is 4.81. The summed E-state index contributed by atoms with van der Waals surface area (Å²) < 4.78 is 14.2. The Morgan fingerprint density at radius 3 is 2.53 bits per heavy atom. The number of piperazine rings is 1. The van der Waals surface area contributed by atoms with Crippen molar-refractivity contribution in [1.82, 2.24) is 10.2 Å². The van der Waals surface area contributed by atoms with Crippen LogP contribution in [0.3, 0.4) is 0 Å². The first-order valence-electron chi connectivity index (χ1n) is 6.76. The zero-order valence-electron chi connectivity index (χ0n) is 10.6. The second-order valence-corrected chi connectivity index (χ2v) is 6.11. The molecule has 1 atom stereocenters. The molecular weight excluding hydrogens is 286 g/mol. The van der Waals surface area contributed by atoms with Gasteiger partial charge in [0.05, 0.1) is 10.0 Å². The molecule has 0 spiro atoms. The summed E-state index contributed by atoms with van der Waals surface area (Å²) in [6, 6.07) is 3.04. The van der Waals surface area contributed by atoms with Gasteiger partial charge in [-0.05, 0) is 30.9 Å². The molecule has 2 aliphatic rings. The minimum absolute atomic E-state index is 0.0771. The van der Waals surface area contributed by atoms with Gasteiger partial charge in [0.2, 0.25) is 0 Å². The molecule has 1 aromatic carbocycles. The lowest BCUT2D eigenvalue weighted by atomic mass is 9.99. The Morgan fingerprint density at radius 1 is 1.21 bits per heavy atom. The first kappa shape index (κ1) is 13.6. The number of hydrogen-bond acceptors (Lipinski definition) is 2. The maximum absolute atomic E-state index is 14.2. The van der Waals surface area contributed by atoms with E-state index in [1.807, 2.05) is 0 Å². The van der Waals surface area contributed by atoms with Crippen LogP contribution >= 0.6 is 23.2 Å². The molecule has 1 saturated carbocycles. The topological polar surface area (TPSA) is 15.3 Å². The van der Waals surface area contributed by atoms with E-state index < -0.39 is 0 Å². The van der Waals surface area contributed by atoms with E-state index in [1.165, 1.54) is 12.1 Å². The quantitative estimate of drug-likeness (QED) is 0.860. The number of hydrogen-bond donors (Lipinski definition) is 1. The first-order valence-corrected chi connectivity index (χ1v) is 7.52. The average Bonchev–Trinajstić information content (AvgIpc) is 3.24. The largest absolute Gasteiger partial charge is 0.314 e. The summed E-state index contributed by atoms with van der Waals surface area (Å²) in [6.07, 6.45) is 2.30. The summed E-state index contributed by atoms with van der Waals surface area (Å²) in [7, 11) is 0. The predicted molar refractivity (Wildman–Crippen MR) is 76.3 cm³/mol. The standard InChI is InChI=1S/C14H17Cl2FN2/c15-10-3-4-11(17)12(13(10)16)14(9-1-2-9)19-7-5-18-6-8-19/h3-4,9,14,18H,1-2,5-8H2/t14-/m1/s1. The molecule has 0 radical (unpaired) electrons. The molecule has 0 amide bonds. The second kappa shape index (κ2) is 5.57. The van der Waals surface area contributed by atoms with Crippen molar-refractivity contribution in [2.24, 2.45) is 5.92 Å². The van der Waals surface area contributed by atoms with E-state index in [0.717, 1.165) is 39.0 Å². The highest BCUT2D eigenvalue weighted by molar-refractivity contribution is 6.42. The first-order chi connectivity index (χ1) is 9.18. The highest BCUT2D eigenvalue weighted by Crippen LogP contribution is 2.48. The van der Waals surface area contributed by atoms with Gasteiger partial charge in [-0.1, -0.05) is 23.2 Å².